The van der Waals surface area contributed by atoms with Crippen molar-refractivity contribution in [2.75, 3.05) is 19.0 Å². The molecule has 0 aromatic heterocycles. The van der Waals surface area contributed by atoms with Crippen LogP contribution in [0.3, 0.4) is 0 Å². The zero-order valence-corrected chi connectivity index (χ0v) is 17.1. The van der Waals surface area contributed by atoms with Gasteiger partial charge in [-0.3, -0.25) is 9.59 Å². The van der Waals surface area contributed by atoms with Crippen LogP contribution in [0.1, 0.15) is 28.8 Å². The lowest BCUT2D eigenvalue weighted by Crippen LogP contribution is -2.27. The fourth-order valence-electron chi connectivity index (χ4n) is 3.07. The molecule has 0 atom stereocenters. The van der Waals surface area contributed by atoms with Gasteiger partial charge in [-0.05, 0) is 36.2 Å². The summed E-state index contributed by atoms with van der Waals surface area (Å²) < 4.78 is 5.62. The smallest absolute Gasteiger partial charge is 0.256 e. The van der Waals surface area contributed by atoms with Crippen LogP contribution in [0.2, 0.25) is 0 Å². The highest BCUT2D eigenvalue weighted by molar-refractivity contribution is 6.03. The second-order valence-electron chi connectivity index (χ2n) is 7.01. The molecule has 5 heteroatoms. The highest BCUT2D eigenvalue weighted by Gasteiger charge is 2.17. The zero-order valence-electron chi connectivity index (χ0n) is 17.1. The average Bonchev–Trinajstić information content (AvgIpc) is 2.78. The first kappa shape index (κ1) is 21.1. The maximum absolute atomic E-state index is 12.9. The van der Waals surface area contributed by atoms with Crippen LogP contribution in [0.4, 0.5) is 5.69 Å². The fraction of sp³-hybridized carbons (Fsp3) is 0.200. The molecule has 0 radical (unpaired) electrons. The van der Waals surface area contributed by atoms with Crippen LogP contribution < -0.4 is 10.1 Å². The lowest BCUT2D eigenvalue weighted by Gasteiger charge is -2.19. The van der Waals surface area contributed by atoms with E-state index in [2.05, 4.69) is 5.32 Å². The number of hydrogen-bond donors (Lipinski definition) is 1. The molecule has 0 aliphatic heterocycles. The van der Waals surface area contributed by atoms with Crippen LogP contribution in [0.25, 0.3) is 0 Å². The number of nitrogens with one attached hydrogen (secondary N) is 1. The summed E-state index contributed by atoms with van der Waals surface area (Å²) in [5.41, 5.74) is 2.05. The van der Waals surface area contributed by atoms with Gasteiger partial charge >= 0.3 is 0 Å². The number of nitrogens with zero attached hydrogens (tertiary/aromatic N) is 1. The van der Waals surface area contributed by atoms with Gasteiger partial charge < -0.3 is 15.0 Å². The van der Waals surface area contributed by atoms with Crippen molar-refractivity contribution in [2.45, 2.75) is 19.4 Å². The van der Waals surface area contributed by atoms with Gasteiger partial charge in [0, 0.05) is 20.0 Å². The van der Waals surface area contributed by atoms with E-state index in [1.165, 1.54) is 0 Å². The summed E-state index contributed by atoms with van der Waals surface area (Å²) in [5.74, 6) is 0.509. The molecule has 0 aliphatic carbocycles. The molecule has 3 rings (SSSR count). The Labute approximate surface area is 177 Å². The second kappa shape index (κ2) is 10.8. The van der Waals surface area contributed by atoms with E-state index in [9.17, 15) is 9.59 Å². The third-order valence-electron chi connectivity index (χ3n) is 4.60. The molecule has 1 N–H and O–H groups in total. The molecule has 154 valence electrons. The Morgan fingerprint density at radius 1 is 0.867 bits per heavy atom. The quantitative estimate of drug-likeness (QED) is 0.525. The third kappa shape index (κ3) is 6.21. The first-order valence-corrected chi connectivity index (χ1v) is 9.99. The fourth-order valence-corrected chi connectivity index (χ4v) is 3.07. The summed E-state index contributed by atoms with van der Waals surface area (Å²) in [4.78, 5) is 26.9. The molecule has 0 saturated carbocycles. The van der Waals surface area contributed by atoms with Crippen LogP contribution in [0, 0.1) is 0 Å². The van der Waals surface area contributed by atoms with Crippen molar-refractivity contribution < 1.29 is 14.3 Å². The van der Waals surface area contributed by atoms with Crippen molar-refractivity contribution in [2.24, 2.45) is 0 Å². The van der Waals surface area contributed by atoms with E-state index in [1.807, 2.05) is 66.7 Å². The van der Waals surface area contributed by atoms with Crippen LogP contribution >= 0.6 is 0 Å². The summed E-state index contributed by atoms with van der Waals surface area (Å²) in [6.45, 7) is 0.955. The lowest BCUT2D eigenvalue weighted by molar-refractivity contribution is -0.116. The summed E-state index contributed by atoms with van der Waals surface area (Å²) in [5, 5.41) is 2.87. The molecule has 0 aliphatic rings. The van der Waals surface area contributed by atoms with Gasteiger partial charge in [0.25, 0.3) is 5.91 Å². The monoisotopic (exact) mass is 402 g/mol. The van der Waals surface area contributed by atoms with E-state index >= 15 is 0 Å². The van der Waals surface area contributed by atoms with Gasteiger partial charge in [-0.15, -0.1) is 0 Å². The Morgan fingerprint density at radius 3 is 2.23 bits per heavy atom. The summed E-state index contributed by atoms with van der Waals surface area (Å²) in [6.07, 6.45) is 0.903. The minimum atomic E-state index is -0.141. The molecule has 0 fully saturated rings. The minimum absolute atomic E-state index is 0.137. The number of anilines is 1. The van der Waals surface area contributed by atoms with E-state index in [1.54, 1.807) is 30.1 Å². The Morgan fingerprint density at radius 2 is 1.50 bits per heavy atom. The number of para-hydroxylation sites is 2. The topological polar surface area (TPSA) is 58.6 Å². The molecule has 30 heavy (non-hydrogen) atoms. The third-order valence-corrected chi connectivity index (χ3v) is 4.60. The molecular weight excluding hydrogens is 376 g/mol. The SMILES string of the molecule is CN(Cc1ccccc1)C(=O)c1ccccc1NC(=O)CCCOc1ccccc1. The molecule has 0 saturated heterocycles. The molecule has 0 spiro atoms. The Hall–Kier alpha value is -3.60. The van der Waals surface area contributed by atoms with Crippen LogP contribution in [0.5, 0.6) is 5.75 Å². The first-order valence-electron chi connectivity index (χ1n) is 9.99. The van der Waals surface area contributed by atoms with Crippen LogP contribution in [0.15, 0.2) is 84.9 Å². The van der Waals surface area contributed by atoms with Gasteiger partial charge in [0.2, 0.25) is 5.91 Å². The van der Waals surface area contributed by atoms with Gasteiger partial charge in [-0.1, -0.05) is 60.7 Å². The first-order chi connectivity index (χ1) is 14.6. The van der Waals surface area contributed by atoms with Crippen molar-refractivity contribution >= 4 is 17.5 Å². The minimum Gasteiger partial charge on any atom is -0.494 e. The second-order valence-corrected chi connectivity index (χ2v) is 7.01. The zero-order chi connectivity index (χ0) is 21.2. The highest BCUT2D eigenvalue weighted by atomic mass is 16.5. The maximum atomic E-state index is 12.9. The van der Waals surface area contributed by atoms with Crippen molar-refractivity contribution in [1.29, 1.82) is 0 Å². The van der Waals surface area contributed by atoms with E-state index in [4.69, 9.17) is 4.74 Å². The summed E-state index contributed by atoms with van der Waals surface area (Å²) >= 11 is 0. The van der Waals surface area contributed by atoms with E-state index in [0.717, 1.165) is 11.3 Å². The molecule has 0 bridgehead atoms. The number of hydrogen-bond acceptors (Lipinski definition) is 3. The van der Waals surface area contributed by atoms with Crippen molar-refractivity contribution in [3.05, 3.63) is 96.1 Å². The molecule has 3 aromatic carbocycles. The maximum Gasteiger partial charge on any atom is 0.256 e. The molecule has 3 aromatic rings. The van der Waals surface area contributed by atoms with Crippen LogP contribution in [-0.2, 0) is 11.3 Å². The Bertz CT molecular complexity index is 958. The number of amides is 2. The van der Waals surface area contributed by atoms with E-state index in [-0.39, 0.29) is 11.8 Å². The summed E-state index contributed by atoms with van der Waals surface area (Å²) in [7, 11) is 1.76. The molecule has 0 heterocycles. The van der Waals surface area contributed by atoms with Gasteiger partial charge in [0.05, 0.1) is 17.9 Å². The largest absolute Gasteiger partial charge is 0.494 e. The molecule has 2 amide bonds. The highest BCUT2D eigenvalue weighted by Crippen LogP contribution is 2.18. The van der Waals surface area contributed by atoms with Gasteiger partial charge in [-0.25, -0.2) is 0 Å². The number of rotatable bonds is 9. The Kier molecular flexibility index (Phi) is 7.61. The van der Waals surface area contributed by atoms with Crippen molar-refractivity contribution in [1.82, 2.24) is 4.90 Å². The number of benzene rings is 3. The molecule has 5 nitrogen and oxygen atoms in total. The normalized spacial score (nSPS) is 10.3. The van der Waals surface area contributed by atoms with Gasteiger partial charge in [-0.2, -0.15) is 0 Å². The summed E-state index contributed by atoms with van der Waals surface area (Å²) in [6, 6.07) is 26.4. The average molecular weight is 402 g/mol. The number of carbonyl (C=O) groups is 2. The predicted molar refractivity (Wildman–Crippen MR) is 118 cm³/mol. The van der Waals surface area contributed by atoms with Crippen LogP contribution in [-0.4, -0.2) is 30.4 Å². The predicted octanol–water partition coefficient (Wildman–Crippen LogP) is 4.76. The Balaban J connectivity index is 1.53. The molecular formula is C25H26N2O3. The van der Waals surface area contributed by atoms with Crippen molar-refractivity contribution in [3.63, 3.8) is 0 Å². The number of ether oxygens (including phenoxy) is 1. The van der Waals surface area contributed by atoms with E-state index < -0.39 is 0 Å². The lowest BCUT2D eigenvalue weighted by atomic mass is 10.1. The van der Waals surface area contributed by atoms with E-state index in [0.29, 0.717) is 37.2 Å². The number of carbonyl (C=O) groups excluding carboxylic acids is 2. The molecule has 0 unspecified atom stereocenters. The van der Waals surface area contributed by atoms with Crippen molar-refractivity contribution in [3.8, 4) is 5.75 Å². The standard InChI is InChI=1S/C25H26N2O3/c1-27(19-20-11-4-2-5-12-20)25(29)22-15-8-9-16-23(22)26-24(28)17-10-18-30-21-13-6-3-7-14-21/h2-9,11-16H,10,17-19H2,1H3,(H,26,28). The van der Waals surface area contributed by atoms with Gasteiger partial charge in [0.1, 0.15) is 5.75 Å². The van der Waals surface area contributed by atoms with Gasteiger partial charge in [0.15, 0.2) is 0 Å².